The van der Waals surface area contributed by atoms with Gasteiger partial charge in [0.05, 0.1) is 10.7 Å². The van der Waals surface area contributed by atoms with Crippen LogP contribution in [0.2, 0.25) is 0 Å². The van der Waals surface area contributed by atoms with Crippen LogP contribution in [-0.2, 0) is 16.0 Å². The van der Waals surface area contributed by atoms with Crippen LogP contribution >= 0.6 is 11.3 Å². The average molecular weight is 309 g/mol. The SMILES string of the molecule is CCC(=O)NCCc1csc([C@H]2CCCN(C(C)=O)C2)n1. The van der Waals surface area contributed by atoms with Gasteiger partial charge in [0, 0.05) is 50.7 Å². The molecule has 0 saturated carbocycles. The van der Waals surface area contributed by atoms with Crippen molar-refractivity contribution >= 4 is 23.2 Å². The summed E-state index contributed by atoms with van der Waals surface area (Å²) < 4.78 is 0. The zero-order valence-corrected chi connectivity index (χ0v) is 13.5. The second-order valence-corrected chi connectivity index (χ2v) is 6.32. The number of aromatic nitrogens is 1. The monoisotopic (exact) mass is 309 g/mol. The molecule has 0 spiro atoms. The lowest BCUT2D eigenvalue weighted by atomic mass is 9.99. The first kappa shape index (κ1) is 15.9. The van der Waals surface area contributed by atoms with Gasteiger partial charge < -0.3 is 10.2 Å². The number of carbonyl (C=O) groups is 2. The van der Waals surface area contributed by atoms with Gasteiger partial charge in [-0.05, 0) is 12.8 Å². The number of nitrogens with zero attached hydrogens (tertiary/aromatic N) is 2. The second-order valence-electron chi connectivity index (χ2n) is 5.43. The van der Waals surface area contributed by atoms with E-state index < -0.39 is 0 Å². The highest BCUT2D eigenvalue weighted by Gasteiger charge is 2.24. The predicted octanol–water partition coefficient (Wildman–Crippen LogP) is 1.94. The summed E-state index contributed by atoms with van der Waals surface area (Å²) >= 11 is 1.67. The number of carbonyl (C=O) groups excluding carboxylic acids is 2. The molecule has 0 bridgehead atoms. The van der Waals surface area contributed by atoms with Crippen LogP contribution in [0.4, 0.5) is 0 Å². The van der Waals surface area contributed by atoms with Crippen LogP contribution in [0.3, 0.4) is 0 Å². The topological polar surface area (TPSA) is 62.3 Å². The number of rotatable bonds is 5. The smallest absolute Gasteiger partial charge is 0.219 e. The van der Waals surface area contributed by atoms with Crippen LogP contribution in [-0.4, -0.2) is 41.3 Å². The summed E-state index contributed by atoms with van der Waals surface area (Å²) in [7, 11) is 0. The van der Waals surface area contributed by atoms with Crippen molar-refractivity contribution in [1.29, 1.82) is 0 Å². The molecule has 1 aromatic heterocycles. The molecule has 1 fully saturated rings. The molecule has 1 aliphatic heterocycles. The van der Waals surface area contributed by atoms with Gasteiger partial charge in [-0.3, -0.25) is 9.59 Å². The molecule has 1 saturated heterocycles. The molecular weight excluding hydrogens is 286 g/mol. The zero-order valence-electron chi connectivity index (χ0n) is 12.7. The molecular formula is C15H23N3O2S. The zero-order chi connectivity index (χ0) is 15.2. The van der Waals surface area contributed by atoms with Crippen LogP contribution in [0.15, 0.2) is 5.38 Å². The van der Waals surface area contributed by atoms with Gasteiger partial charge in [0.25, 0.3) is 0 Å². The van der Waals surface area contributed by atoms with Crippen molar-refractivity contribution in [3.63, 3.8) is 0 Å². The lowest BCUT2D eigenvalue weighted by molar-refractivity contribution is -0.130. The van der Waals surface area contributed by atoms with E-state index in [0.717, 1.165) is 43.1 Å². The van der Waals surface area contributed by atoms with E-state index in [2.05, 4.69) is 15.7 Å². The van der Waals surface area contributed by atoms with E-state index in [-0.39, 0.29) is 11.8 Å². The highest BCUT2D eigenvalue weighted by Crippen LogP contribution is 2.29. The van der Waals surface area contributed by atoms with E-state index >= 15 is 0 Å². The third kappa shape index (κ3) is 4.52. The Morgan fingerprint density at radius 1 is 1.52 bits per heavy atom. The molecule has 1 aromatic rings. The third-order valence-corrected chi connectivity index (χ3v) is 4.87. The Bertz CT molecular complexity index is 501. The lowest BCUT2D eigenvalue weighted by Crippen LogP contribution is -2.37. The molecule has 116 valence electrons. The van der Waals surface area contributed by atoms with Gasteiger partial charge in [-0.2, -0.15) is 0 Å². The summed E-state index contributed by atoms with van der Waals surface area (Å²) in [4.78, 5) is 29.3. The van der Waals surface area contributed by atoms with Crippen LogP contribution in [0.5, 0.6) is 0 Å². The van der Waals surface area contributed by atoms with Gasteiger partial charge in [-0.15, -0.1) is 11.3 Å². The first-order chi connectivity index (χ1) is 10.1. The van der Waals surface area contributed by atoms with Crippen molar-refractivity contribution in [1.82, 2.24) is 15.2 Å². The molecule has 0 aromatic carbocycles. The molecule has 6 heteroatoms. The maximum Gasteiger partial charge on any atom is 0.219 e. The Balaban J connectivity index is 1.87. The fourth-order valence-electron chi connectivity index (χ4n) is 2.54. The van der Waals surface area contributed by atoms with E-state index in [9.17, 15) is 9.59 Å². The summed E-state index contributed by atoms with van der Waals surface area (Å²) in [6.45, 7) is 5.77. The number of amides is 2. The minimum atomic E-state index is 0.0785. The fraction of sp³-hybridized carbons (Fsp3) is 0.667. The quantitative estimate of drug-likeness (QED) is 0.904. The summed E-state index contributed by atoms with van der Waals surface area (Å²) in [6, 6.07) is 0. The fourth-order valence-corrected chi connectivity index (χ4v) is 3.53. The molecule has 0 unspecified atom stereocenters. The van der Waals surface area contributed by atoms with Crippen molar-refractivity contribution in [2.75, 3.05) is 19.6 Å². The maximum atomic E-state index is 11.5. The number of hydrogen-bond donors (Lipinski definition) is 1. The first-order valence-electron chi connectivity index (χ1n) is 7.56. The van der Waals surface area contributed by atoms with E-state index in [0.29, 0.717) is 18.9 Å². The third-order valence-electron chi connectivity index (χ3n) is 3.81. The molecule has 0 radical (unpaired) electrons. The standard InChI is InChI=1S/C15H23N3O2S/c1-3-14(20)16-7-6-13-10-21-15(17-13)12-5-4-8-18(9-12)11(2)19/h10,12H,3-9H2,1-2H3,(H,16,20)/t12-/m0/s1. The maximum absolute atomic E-state index is 11.5. The lowest BCUT2D eigenvalue weighted by Gasteiger charge is -2.30. The Kier molecular flexibility index (Phi) is 5.73. The second kappa shape index (κ2) is 7.54. The van der Waals surface area contributed by atoms with Crippen molar-refractivity contribution < 1.29 is 9.59 Å². The van der Waals surface area contributed by atoms with Gasteiger partial charge in [0.15, 0.2) is 0 Å². The number of hydrogen-bond acceptors (Lipinski definition) is 4. The predicted molar refractivity (Wildman–Crippen MR) is 83.3 cm³/mol. The normalized spacial score (nSPS) is 18.6. The van der Waals surface area contributed by atoms with Crippen molar-refractivity contribution in [2.24, 2.45) is 0 Å². The van der Waals surface area contributed by atoms with Gasteiger partial charge >= 0.3 is 0 Å². The molecule has 2 amide bonds. The van der Waals surface area contributed by atoms with E-state index in [1.165, 1.54) is 0 Å². The molecule has 2 heterocycles. The Hall–Kier alpha value is -1.43. The highest BCUT2D eigenvalue weighted by molar-refractivity contribution is 7.09. The first-order valence-corrected chi connectivity index (χ1v) is 8.44. The molecule has 5 nitrogen and oxygen atoms in total. The molecule has 2 rings (SSSR count). The minimum absolute atomic E-state index is 0.0785. The Morgan fingerprint density at radius 2 is 2.33 bits per heavy atom. The van der Waals surface area contributed by atoms with Crippen LogP contribution in [0.25, 0.3) is 0 Å². The minimum Gasteiger partial charge on any atom is -0.356 e. The van der Waals surface area contributed by atoms with Crippen LogP contribution < -0.4 is 5.32 Å². The summed E-state index contributed by atoms with van der Waals surface area (Å²) in [5.41, 5.74) is 1.03. The Morgan fingerprint density at radius 3 is 3.05 bits per heavy atom. The summed E-state index contributed by atoms with van der Waals surface area (Å²) in [6.07, 6.45) is 3.44. The largest absolute Gasteiger partial charge is 0.356 e. The number of likely N-dealkylation sites (tertiary alicyclic amines) is 1. The van der Waals surface area contributed by atoms with Crippen molar-refractivity contribution in [3.05, 3.63) is 16.1 Å². The van der Waals surface area contributed by atoms with Gasteiger partial charge in [-0.1, -0.05) is 6.92 Å². The highest BCUT2D eigenvalue weighted by atomic mass is 32.1. The molecule has 1 atom stereocenters. The van der Waals surface area contributed by atoms with Crippen LogP contribution in [0, 0.1) is 0 Å². The van der Waals surface area contributed by atoms with E-state index in [1.807, 2.05) is 11.8 Å². The summed E-state index contributed by atoms with van der Waals surface area (Å²) in [5.74, 6) is 0.597. The Labute approximate surface area is 129 Å². The molecule has 1 N–H and O–H groups in total. The molecule has 0 aliphatic carbocycles. The van der Waals surface area contributed by atoms with Crippen molar-refractivity contribution in [2.45, 2.75) is 45.4 Å². The molecule has 21 heavy (non-hydrogen) atoms. The van der Waals surface area contributed by atoms with E-state index in [4.69, 9.17) is 0 Å². The number of thiazole rings is 1. The van der Waals surface area contributed by atoms with E-state index in [1.54, 1.807) is 18.3 Å². The number of nitrogens with one attached hydrogen (secondary N) is 1. The summed E-state index contributed by atoms with van der Waals surface area (Å²) in [5, 5.41) is 6.06. The molecule has 1 aliphatic rings. The van der Waals surface area contributed by atoms with Gasteiger partial charge in [-0.25, -0.2) is 4.98 Å². The van der Waals surface area contributed by atoms with Gasteiger partial charge in [0.2, 0.25) is 11.8 Å². The van der Waals surface area contributed by atoms with Crippen LogP contribution in [0.1, 0.15) is 49.7 Å². The number of piperidine rings is 1. The van der Waals surface area contributed by atoms with Crippen molar-refractivity contribution in [3.8, 4) is 0 Å². The average Bonchev–Trinajstić information content (AvgIpc) is 2.96. The van der Waals surface area contributed by atoms with Gasteiger partial charge in [0.1, 0.15) is 0 Å².